The summed E-state index contributed by atoms with van der Waals surface area (Å²) in [6, 6.07) is 15.5. The number of halogens is 2. The van der Waals surface area contributed by atoms with Crippen LogP contribution in [0.5, 0.6) is 5.75 Å². The summed E-state index contributed by atoms with van der Waals surface area (Å²) in [4.78, 5) is 0. The summed E-state index contributed by atoms with van der Waals surface area (Å²) in [5.41, 5.74) is 9.13. The first-order valence-electron chi connectivity index (χ1n) is 8.60. The monoisotopic (exact) mass is 481 g/mol. The van der Waals surface area contributed by atoms with Gasteiger partial charge in [0, 0.05) is 0 Å². The molecule has 3 rings (SSSR count). The predicted molar refractivity (Wildman–Crippen MR) is 102 cm³/mol. The van der Waals surface area contributed by atoms with Gasteiger partial charge >= 0.3 is 159 Å². The van der Waals surface area contributed by atoms with E-state index in [-0.39, 0.29) is 53.1 Å². The molecule has 0 amide bonds. The van der Waals surface area contributed by atoms with Crippen LogP contribution < -0.4 is 29.6 Å². The van der Waals surface area contributed by atoms with E-state index in [1.165, 1.54) is 16.7 Å². The normalized spacial score (nSPS) is 15.1. The maximum absolute atomic E-state index is 5.32. The van der Waals surface area contributed by atoms with Gasteiger partial charge in [-0.05, 0) is 0 Å². The van der Waals surface area contributed by atoms with Crippen molar-refractivity contribution in [2.45, 2.75) is 37.0 Å². The smallest absolute Gasteiger partial charge is 1.00 e. The molecule has 1 radical (unpaired) electrons. The van der Waals surface area contributed by atoms with Crippen LogP contribution in [-0.4, -0.2) is 13.0 Å². The van der Waals surface area contributed by atoms with Gasteiger partial charge in [-0.2, -0.15) is 0 Å². The molecule has 0 spiro atoms. The van der Waals surface area contributed by atoms with E-state index in [0.29, 0.717) is 0 Å². The molecule has 0 bridgehead atoms. The third-order valence-electron chi connectivity index (χ3n) is 4.81. The third-order valence-corrected chi connectivity index (χ3v) is 13.9. The number of allylic oxidation sites excluding steroid dienone is 2. The van der Waals surface area contributed by atoms with Gasteiger partial charge in [0.05, 0.1) is 0 Å². The fourth-order valence-electron chi connectivity index (χ4n) is 3.69. The molecule has 1 aliphatic carbocycles. The van der Waals surface area contributed by atoms with Crippen LogP contribution in [0.15, 0.2) is 48.0 Å². The van der Waals surface area contributed by atoms with Crippen LogP contribution >= 0.6 is 0 Å². The summed E-state index contributed by atoms with van der Waals surface area (Å²) in [6.45, 7) is 9.71. The second kappa shape index (κ2) is 10.3. The Morgan fingerprint density at radius 3 is 2.23 bits per heavy atom. The van der Waals surface area contributed by atoms with Crippen molar-refractivity contribution in [3.05, 3.63) is 59.2 Å². The number of rotatable bonds is 5. The van der Waals surface area contributed by atoms with Crippen molar-refractivity contribution in [2.24, 2.45) is 0 Å². The first-order chi connectivity index (χ1) is 11.6. The maximum atomic E-state index is 5.32. The second-order valence-electron chi connectivity index (χ2n) is 6.59. The first-order valence-corrected chi connectivity index (χ1v) is 16.2. The Hall–Kier alpha value is -0.340. The van der Waals surface area contributed by atoms with E-state index in [4.69, 9.17) is 4.74 Å². The van der Waals surface area contributed by atoms with Crippen LogP contribution in [0.25, 0.3) is 16.7 Å². The molecule has 1 unspecified atom stereocenters. The Morgan fingerprint density at radius 2 is 1.69 bits per heavy atom. The van der Waals surface area contributed by atoms with Gasteiger partial charge in [-0.1, -0.05) is 0 Å². The van der Waals surface area contributed by atoms with Gasteiger partial charge < -0.3 is 24.8 Å². The fourth-order valence-corrected chi connectivity index (χ4v) is 12.7. The van der Waals surface area contributed by atoms with Gasteiger partial charge in [-0.15, -0.1) is 0 Å². The SMILES string of the molecule is CCC1=C(C)[CH]([Zr+2][Si](C)C)c2cccc(-c3ccc(OC)cc3)c21.[Cl-].[Cl-]. The summed E-state index contributed by atoms with van der Waals surface area (Å²) < 4.78 is 6.11. The molecule has 1 nitrogen and oxygen atoms in total. The van der Waals surface area contributed by atoms with Gasteiger partial charge in [0.25, 0.3) is 0 Å². The topological polar surface area (TPSA) is 9.23 Å². The maximum Gasteiger partial charge on any atom is -1.00 e. The molecule has 137 valence electrons. The van der Waals surface area contributed by atoms with Gasteiger partial charge in [0.15, 0.2) is 0 Å². The molecule has 2 aromatic rings. The van der Waals surface area contributed by atoms with Crippen molar-refractivity contribution in [1.29, 1.82) is 0 Å². The summed E-state index contributed by atoms with van der Waals surface area (Å²) in [7, 11) is 1.72. The average Bonchev–Trinajstić information content (AvgIpc) is 2.86. The number of hydrogen-bond donors (Lipinski definition) is 0. The quantitative estimate of drug-likeness (QED) is 0.542. The third kappa shape index (κ3) is 4.55. The molecule has 1 atom stereocenters. The number of methoxy groups -OCH3 is 1. The van der Waals surface area contributed by atoms with Crippen LogP contribution in [0.3, 0.4) is 0 Å². The van der Waals surface area contributed by atoms with Crippen LogP contribution in [-0.2, 0) is 22.4 Å². The summed E-state index contributed by atoms with van der Waals surface area (Å²) in [5, 5.41) is 0. The van der Waals surface area contributed by atoms with Crippen LogP contribution in [0.2, 0.25) is 13.1 Å². The molecular formula is C21H25Cl2OSiZr. The number of benzene rings is 2. The van der Waals surface area contributed by atoms with Crippen molar-refractivity contribution >= 4 is 11.5 Å². The van der Waals surface area contributed by atoms with E-state index in [0.717, 1.165) is 15.8 Å². The van der Waals surface area contributed by atoms with Crippen molar-refractivity contribution in [3.63, 3.8) is 0 Å². The molecule has 0 fully saturated rings. The van der Waals surface area contributed by atoms with Gasteiger partial charge in [0.1, 0.15) is 0 Å². The van der Waals surface area contributed by atoms with E-state index in [9.17, 15) is 0 Å². The van der Waals surface area contributed by atoms with E-state index in [1.54, 1.807) is 23.8 Å². The Kier molecular flexibility index (Phi) is 9.36. The van der Waals surface area contributed by atoms with E-state index in [1.807, 2.05) is 0 Å². The molecule has 0 heterocycles. The number of ether oxygens (including phenoxy) is 1. The zero-order chi connectivity index (χ0) is 17.3. The van der Waals surface area contributed by atoms with Gasteiger partial charge in [0.2, 0.25) is 0 Å². The van der Waals surface area contributed by atoms with E-state index < -0.39 is 0 Å². The molecule has 0 saturated heterocycles. The standard InChI is InChI=1S/C19H19O.C2H6Si.2ClH.Zr/c1-4-17-13(2)12-15-6-5-7-18(19(15)17)14-8-10-16(20-3)11-9-14;1-3-2;;;/h5-12H,4H2,1-3H3;1-2H3;2*1H;/q;;;;+2/p-2. The summed E-state index contributed by atoms with van der Waals surface area (Å²) >= 11 is -0.368. The number of hydrogen-bond acceptors (Lipinski definition) is 1. The van der Waals surface area contributed by atoms with Crippen molar-refractivity contribution < 1.29 is 51.9 Å². The number of fused-ring (bicyclic) bond motifs is 1. The zero-order valence-corrected chi connectivity index (χ0v) is 21.0. The van der Waals surface area contributed by atoms with Crippen LogP contribution in [0.1, 0.15) is 35.0 Å². The minimum atomic E-state index is -0.368. The fraction of sp³-hybridized carbons (Fsp3) is 0.333. The van der Waals surface area contributed by atoms with Crippen molar-refractivity contribution in [3.8, 4) is 16.9 Å². The zero-order valence-electron chi connectivity index (χ0n) is 16.0. The van der Waals surface area contributed by atoms with Gasteiger partial charge in [-0.25, -0.2) is 0 Å². The molecule has 1 aliphatic rings. The van der Waals surface area contributed by atoms with Gasteiger partial charge in [-0.3, -0.25) is 0 Å². The first kappa shape index (κ1) is 23.7. The Labute approximate surface area is 182 Å². The van der Waals surface area contributed by atoms with Crippen molar-refractivity contribution in [2.75, 3.05) is 7.11 Å². The van der Waals surface area contributed by atoms with Crippen molar-refractivity contribution in [1.82, 2.24) is 0 Å². The molecule has 26 heavy (non-hydrogen) atoms. The molecule has 5 heteroatoms. The molecule has 2 aromatic carbocycles. The van der Waals surface area contributed by atoms with E-state index in [2.05, 4.69) is 69.4 Å². The predicted octanol–water partition coefficient (Wildman–Crippen LogP) is -0.0580. The minimum absolute atomic E-state index is 0. The Bertz CT molecular complexity index is 772. The van der Waals surface area contributed by atoms with E-state index >= 15 is 0 Å². The van der Waals surface area contributed by atoms with Crippen LogP contribution in [0.4, 0.5) is 0 Å². The summed E-state index contributed by atoms with van der Waals surface area (Å²) in [6.07, 6.45) is 1.14. The molecule has 0 aromatic heterocycles. The molecule has 0 N–H and O–H groups in total. The minimum Gasteiger partial charge on any atom is -1.00 e. The summed E-state index contributed by atoms with van der Waals surface area (Å²) in [5.74, 6) is 0.832. The second-order valence-corrected chi connectivity index (χ2v) is 19.8. The molecular weight excluding hydrogens is 458 g/mol. The van der Waals surface area contributed by atoms with Crippen LogP contribution in [0, 0.1) is 0 Å². The average molecular weight is 484 g/mol. The largest absolute Gasteiger partial charge is 1.00 e. The molecule has 0 saturated carbocycles. The Morgan fingerprint density at radius 1 is 1.04 bits per heavy atom. The Balaban J connectivity index is 0.00000169. The molecule has 0 aliphatic heterocycles.